The zero-order chi connectivity index (χ0) is 22.5. The summed E-state index contributed by atoms with van der Waals surface area (Å²) in [5, 5.41) is 3.05. The van der Waals surface area contributed by atoms with E-state index in [4.69, 9.17) is 0 Å². The van der Waals surface area contributed by atoms with Gasteiger partial charge in [0.2, 0.25) is 5.91 Å². The Morgan fingerprint density at radius 2 is 1.44 bits per heavy atom. The van der Waals surface area contributed by atoms with Crippen LogP contribution in [0.1, 0.15) is 44.9 Å². The number of benzene rings is 1. The molecule has 32 heavy (non-hydrogen) atoms. The number of hydrogen-bond donors (Lipinski definition) is 1. The van der Waals surface area contributed by atoms with Crippen LogP contribution in [0.5, 0.6) is 0 Å². The molecular weight excluding hydrogens is 419 g/mol. The van der Waals surface area contributed by atoms with E-state index in [-0.39, 0.29) is 24.4 Å². The molecule has 1 aromatic rings. The minimum atomic E-state index is -4.82. The van der Waals surface area contributed by atoms with E-state index in [0.29, 0.717) is 19.5 Å². The van der Waals surface area contributed by atoms with Gasteiger partial charge in [0.15, 0.2) is 0 Å². The second kappa shape index (κ2) is 7.96. The summed E-state index contributed by atoms with van der Waals surface area (Å²) in [5.74, 6) is 0.772. The zero-order valence-corrected chi connectivity index (χ0v) is 18.2. The molecule has 0 spiro atoms. The van der Waals surface area contributed by atoms with Crippen molar-refractivity contribution < 1.29 is 22.8 Å². The Labute approximate surface area is 186 Å². The number of alkyl halides is 3. The quantitative estimate of drug-likeness (QED) is 0.739. The van der Waals surface area contributed by atoms with Gasteiger partial charge in [-0.05, 0) is 86.0 Å². The lowest BCUT2D eigenvalue weighted by Crippen LogP contribution is -2.52. The fourth-order valence-electron chi connectivity index (χ4n) is 7.15. The van der Waals surface area contributed by atoms with E-state index in [0.717, 1.165) is 34.0 Å². The van der Waals surface area contributed by atoms with Crippen molar-refractivity contribution in [1.82, 2.24) is 4.90 Å². The van der Waals surface area contributed by atoms with Crippen LogP contribution in [-0.4, -0.2) is 49.1 Å². The average Bonchev–Trinajstić information content (AvgIpc) is 2.72. The van der Waals surface area contributed by atoms with Crippen LogP contribution in [0, 0.1) is 23.2 Å². The van der Waals surface area contributed by atoms with E-state index in [1.807, 2.05) is 29.2 Å². The molecule has 0 atom stereocenters. The summed E-state index contributed by atoms with van der Waals surface area (Å²) < 4.78 is 37.8. The molecule has 1 heterocycles. The number of carbonyl (C=O) groups is 2. The van der Waals surface area contributed by atoms with Gasteiger partial charge in [0.05, 0.1) is 0 Å². The van der Waals surface area contributed by atoms with E-state index < -0.39 is 12.1 Å². The van der Waals surface area contributed by atoms with Crippen molar-refractivity contribution in [2.45, 2.75) is 51.1 Å². The van der Waals surface area contributed by atoms with Crippen molar-refractivity contribution in [1.29, 1.82) is 0 Å². The molecule has 1 saturated heterocycles. The van der Waals surface area contributed by atoms with Crippen LogP contribution in [0.4, 0.5) is 24.5 Å². The number of carbonyl (C=O) groups excluding carboxylic acids is 2. The van der Waals surface area contributed by atoms with Gasteiger partial charge in [0.1, 0.15) is 0 Å². The Hall–Kier alpha value is -2.25. The van der Waals surface area contributed by atoms with E-state index >= 15 is 0 Å². The highest BCUT2D eigenvalue weighted by Crippen LogP contribution is 2.61. The highest BCUT2D eigenvalue weighted by atomic mass is 19.4. The van der Waals surface area contributed by atoms with E-state index in [2.05, 4.69) is 5.32 Å². The predicted molar refractivity (Wildman–Crippen MR) is 115 cm³/mol. The molecule has 5 aliphatic rings. The van der Waals surface area contributed by atoms with Crippen LogP contribution in [0.3, 0.4) is 0 Å². The summed E-state index contributed by atoms with van der Waals surface area (Å²) in [6, 6.07) is 7.45. The number of nitrogens with one attached hydrogen (secondary N) is 1. The van der Waals surface area contributed by atoms with Crippen molar-refractivity contribution in [3.8, 4) is 0 Å². The third-order valence-electron chi connectivity index (χ3n) is 8.03. The maximum absolute atomic E-state index is 12.8. The molecular formula is C24H30F3N3O2. The number of halogens is 3. The van der Waals surface area contributed by atoms with Gasteiger partial charge in [-0.2, -0.15) is 13.2 Å². The second-order valence-electron chi connectivity index (χ2n) is 10.5. The molecule has 174 valence electrons. The Morgan fingerprint density at radius 3 is 1.94 bits per heavy atom. The van der Waals surface area contributed by atoms with Gasteiger partial charge in [-0.3, -0.25) is 9.59 Å². The van der Waals surface area contributed by atoms with Crippen LogP contribution in [0.15, 0.2) is 24.3 Å². The lowest BCUT2D eigenvalue weighted by Gasteiger charge is -2.56. The lowest BCUT2D eigenvalue weighted by atomic mass is 9.49. The monoisotopic (exact) mass is 449 g/mol. The molecule has 1 N–H and O–H groups in total. The van der Waals surface area contributed by atoms with Gasteiger partial charge < -0.3 is 15.1 Å². The number of amides is 2. The van der Waals surface area contributed by atoms with E-state index in [1.54, 1.807) is 0 Å². The molecule has 5 nitrogen and oxygen atoms in total. The SMILES string of the molecule is O=C(CC12CC3CC(CC(C3)C1)C2)Nc1ccc(N2CCN(C(=O)C(F)(F)F)CC2)cc1. The topological polar surface area (TPSA) is 52.7 Å². The number of hydrogen-bond acceptors (Lipinski definition) is 3. The fraction of sp³-hybridized carbons (Fsp3) is 0.667. The first kappa shape index (κ1) is 21.6. The van der Waals surface area contributed by atoms with Crippen molar-refractivity contribution in [2.24, 2.45) is 23.2 Å². The summed E-state index contributed by atoms with van der Waals surface area (Å²) >= 11 is 0. The van der Waals surface area contributed by atoms with Crippen molar-refractivity contribution in [3.63, 3.8) is 0 Å². The molecule has 5 fully saturated rings. The number of anilines is 2. The third-order valence-corrected chi connectivity index (χ3v) is 8.03. The molecule has 1 aromatic carbocycles. The molecule has 8 heteroatoms. The molecule has 2 amide bonds. The van der Waals surface area contributed by atoms with Crippen LogP contribution >= 0.6 is 0 Å². The largest absolute Gasteiger partial charge is 0.471 e. The standard InChI is InChI=1S/C24H30F3N3O2/c25-24(26,27)22(32)30-7-5-29(6-8-30)20-3-1-19(2-4-20)28-21(31)15-23-12-16-9-17(13-23)11-18(10-16)14-23/h1-4,16-18H,5-15H2,(H,28,31). The molecule has 1 aliphatic heterocycles. The van der Waals surface area contributed by atoms with Gasteiger partial charge in [0.25, 0.3) is 0 Å². The lowest BCUT2D eigenvalue weighted by molar-refractivity contribution is -0.185. The van der Waals surface area contributed by atoms with Gasteiger partial charge >= 0.3 is 12.1 Å². The van der Waals surface area contributed by atoms with Gasteiger partial charge in [-0.25, -0.2) is 0 Å². The van der Waals surface area contributed by atoms with Crippen LogP contribution in [-0.2, 0) is 9.59 Å². The molecule has 4 bridgehead atoms. The Bertz CT molecular complexity index is 840. The van der Waals surface area contributed by atoms with Gasteiger partial charge in [-0.1, -0.05) is 0 Å². The minimum absolute atomic E-state index is 0.0435. The summed E-state index contributed by atoms with van der Waals surface area (Å²) in [4.78, 5) is 27.0. The second-order valence-corrected chi connectivity index (χ2v) is 10.5. The van der Waals surface area contributed by atoms with Gasteiger partial charge in [0, 0.05) is 44.0 Å². The normalized spacial score (nSPS) is 31.7. The Kier molecular flexibility index (Phi) is 5.37. The summed E-state index contributed by atoms with van der Waals surface area (Å²) in [6.07, 6.45) is 3.48. The average molecular weight is 450 g/mol. The molecule has 6 rings (SSSR count). The fourth-order valence-corrected chi connectivity index (χ4v) is 7.15. The van der Waals surface area contributed by atoms with Crippen LogP contribution in [0.2, 0.25) is 0 Å². The highest BCUT2D eigenvalue weighted by molar-refractivity contribution is 5.91. The van der Waals surface area contributed by atoms with Crippen LogP contribution < -0.4 is 10.2 Å². The maximum atomic E-state index is 12.8. The number of piperazine rings is 1. The molecule has 4 saturated carbocycles. The first-order valence-corrected chi connectivity index (χ1v) is 11.7. The molecule has 0 aromatic heterocycles. The summed E-state index contributed by atoms with van der Waals surface area (Å²) in [6.45, 7) is 0.781. The first-order valence-electron chi connectivity index (χ1n) is 11.7. The molecule has 0 radical (unpaired) electrons. The molecule has 0 unspecified atom stereocenters. The number of rotatable bonds is 4. The third kappa shape index (κ3) is 4.33. The Balaban J connectivity index is 1.14. The smallest absolute Gasteiger partial charge is 0.368 e. The van der Waals surface area contributed by atoms with Gasteiger partial charge in [-0.15, -0.1) is 0 Å². The summed E-state index contributed by atoms with van der Waals surface area (Å²) in [5.41, 5.74) is 1.82. The van der Waals surface area contributed by atoms with Crippen molar-refractivity contribution in [2.75, 3.05) is 36.4 Å². The van der Waals surface area contributed by atoms with E-state index in [1.165, 1.54) is 38.5 Å². The highest BCUT2D eigenvalue weighted by Gasteiger charge is 2.51. The van der Waals surface area contributed by atoms with Crippen molar-refractivity contribution in [3.05, 3.63) is 24.3 Å². The zero-order valence-electron chi connectivity index (χ0n) is 18.2. The van der Waals surface area contributed by atoms with E-state index in [9.17, 15) is 22.8 Å². The van der Waals surface area contributed by atoms with Crippen LogP contribution in [0.25, 0.3) is 0 Å². The predicted octanol–water partition coefficient (Wildman–Crippen LogP) is 4.44. The Morgan fingerprint density at radius 1 is 0.906 bits per heavy atom. The first-order chi connectivity index (χ1) is 15.2. The van der Waals surface area contributed by atoms with Crippen molar-refractivity contribution >= 4 is 23.2 Å². The molecule has 4 aliphatic carbocycles. The minimum Gasteiger partial charge on any atom is -0.368 e. The maximum Gasteiger partial charge on any atom is 0.471 e. The number of nitrogens with zero attached hydrogens (tertiary/aromatic N) is 2. The summed E-state index contributed by atoms with van der Waals surface area (Å²) in [7, 11) is 0.